The Morgan fingerprint density at radius 2 is 1.80 bits per heavy atom. The Labute approximate surface area is 186 Å². The van der Waals surface area contributed by atoms with E-state index < -0.39 is 0 Å². The van der Waals surface area contributed by atoms with E-state index in [2.05, 4.69) is 16.0 Å². The van der Waals surface area contributed by atoms with E-state index in [1.807, 2.05) is 0 Å². The van der Waals surface area contributed by atoms with E-state index in [0.717, 1.165) is 0 Å². The largest absolute Gasteiger partial charge is 0.268 e. The first kappa shape index (κ1) is 20.1. The fourth-order valence-corrected chi connectivity index (χ4v) is 3.75. The van der Waals surface area contributed by atoms with Crippen LogP contribution in [-0.4, -0.2) is 14.5 Å². The standard InChI is InChI=1S/C22H11Cl3N4O/c23-17-7-18(24)9-20(8-17)29-21-14(6-19(25)12-28-21)4-15(22(29)30)5-16(10-26)13-2-1-3-27-11-13/h1-9,11-12H/b16-5-. The lowest BCUT2D eigenvalue weighted by molar-refractivity contribution is 1.01. The summed E-state index contributed by atoms with van der Waals surface area (Å²) < 4.78 is 1.40. The van der Waals surface area contributed by atoms with Crippen molar-refractivity contribution in [3.05, 3.63) is 97.6 Å². The van der Waals surface area contributed by atoms with Crippen LogP contribution in [0.3, 0.4) is 0 Å². The van der Waals surface area contributed by atoms with Crippen LogP contribution in [0.2, 0.25) is 15.1 Å². The van der Waals surface area contributed by atoms with Crippen LogP contribution in [0.5, 0.6) is 0 Å². The van der Waals surface area contributed by atoms with Crippen LogP contribution in [0.1, 0.15) is 11.1 Å². The SMILES string of the molecule is N#C/C(=C/c1cc2cc(Cl)cnc2n(-c2cc(Cl)cc(Cl)c2)c1=O)c1cccnc1. The Bertz CT molecular complexity index is 1390. The lowest BCUT2D eigenvalue weighted by Crippen LogP contribution is -2.22. The Morgan fingerprint density at radius 3 is 2.47 bits per heavy atom. The van der Waals surface area contributed by atoms with Crippen LogP contribution in [0.15, 0.2) is 65.8 Å². The van der Waals surface area contributed by atoms with Gasteiger partial charge in [-0.2, -0.15) is 5.26 Å². The molecule has 0 N–H and O–H groups in total. The maximum Gasteiger partial charge on any atom is 0.264 e. The third-order valence-corrected chi connectivity index (χ3v) is 4.98. The summed E-state index contributed by atoms with van der Waals surface area (Å²) >= 11 is 18.4. The molecule has 0 saturated carbocycles. The van der Waals surface area contributed by atoms with E-state index in [1.54, 1.807) is 54.9 Å². The number of fused-ring (bicyclic) bond motifs is 1. The maximum atomic E-state index is 13.4. The normalized spacial score (nSPS) is 11.5. The van der Waals surface area contributed by atoms with E-state index in [9.17, 15) is 10.1 Å². The quantitative estimate of drug-likeness (QED) is 0.367. The number of benzene rings is 1. The zero-order valence-electron chi connectivity index (χ0n) is 15.2. The molecule has 0 aliphatic heterocycles. The van der Waals surface area contributed by atoms with Crippen molar-refractivity contribution in [1.29, 1.82) is 5.26 Å². The highest BCUT2D eigenvalue weighted by Gasteiger charge is 2.14. The average molecular weight is 454 g/mol. The van der Waals surface area contributed by atoms with Crippen molar-refractivity contribution in [1.82, 2.24) is 14.5 Å². The van der Waals surface area contributed by atoms with Gasteiger partial charge in [-0.05, 0) is 42.5 Å². The molecular formula is C22H11Cl3N4O. The lowest BCUT2D eigenvalue weighted by atomic mass is 10.1. The highest BCUT2D eigenvalue weighted by atomic mass is 35.5. The van der Waals surface area contributed by atoms with Crippen molar-refractivity contribution >= 4 is 57.5 Å². The van der Waals surface area contributed by atoms with Crippen molar-refractivity contribution in [3.63, 3.8) is 0 Å². The lowest BCUT2D eigenvalue weighted by Gasteiger charge is -2.12. The number of allylic oxidation sites excluding steroid dienone is 1. The number of hydrogen-bond donors (Lipinski definition) is 0. The van der Waals surface area contributed by atoms with Crippen LogP contribution >= 0.6 is 34.8 Å². The predicted molar refractivity (Wildman–Crippen MR) is 120 cm³/mol. The van der Waals surface area contributed by atoms with Crippen LogP contribution in [0.4, 0.5) is 0 Å². The topological polar surface area (TPSA) is 71.6 Å². The fourth-order valence-electron chi connectivity index (χ4n) is 3.06. The van der Waals surface area contributed by atoms with Crippen molar-refractivity contribution < 1.29 is 0 Å². The molecule has 0 atom stereocenters. The Balaban J connectivity index is 2.05. The molecule has 8 heteroatoms. The van der Waals surface area contributed by atoms with Gasteiger partial charge in [-0.1, -0.05) is 40.9 Å². The molecule has 3 aromatic heterocycles. The summed E-state index contributed by atoms with van der Waals surface area (Å²) in [6.07, 6.45) is 6.14. The summed E-state index contributed by atoms with van der Waals surface area (Å²) in [6.45, 7) is 0. The van der Waals surface area contributed by atoms with E-state index in [1.165, 1.54) is 16.8 Å². The predicted octanol–water partition coefficient (Wildman–Crippen LogP) is 5.81. The smallest absolute Gasteiger partial charge is 0.264 e. The Kier molecular flexibility index (Phi) is 5.56. The van der Waals surface area contributed by atoms with Gasteiger partial charge in [0.1, 0.15) is 5.65 Å². The summed E-state index contributed by atoms with van der Waals surface area (Å²) in [5.41, 5.74) is 1.63. The van der Waals surface area contributed by atoms with Gasteiger partial charge in [-0.3, -0.25) is 14.3 Å². The zero-order valence-corrected chi connectivity index (χ0v) is 17.4. The van der Waals surface area contributed by atoms with Gasteiger partial charge in [0.15, 0.2) is 0 Å². The number of nitrogens with zero attached hydrogens (tertiary/aromatic N) is 4. The molecule has 5 nitrogen and oxygen atoms in total. The van der Waals surface area contributed by atoms with Crippen molar-refractivity contribution in [3.8, 4) is 11.8 Å². The number of rotatable bonds is 3. The molecule has 0 bridgehead atoms. The van der Waals surface area contributed by atoms with Crippen LogP contribution in [0.25, 0.3) is 28.4 Å². The third-order valence-electron chi connectivity index (χ3n) is 4.33. The van der Waals surface area contributed by atoms with Crippen LogP contribution < -0.4 is 5.56 Å². The van der Waals surface area contributed by atoms with E-state index >= 15 is 0 Å². The number of pyridine rings is 3. The molecule has 1 aromatic carbocycles. The molecule has 0 unspecified atom stereocenters. The van der Waals surface area contributed by atoms with Crippen molar-refractivity contribution in [2.24, 2.45) is 0 Å². The van der Waals surface area contributed by atoms with Gasteiger partial charge in [0.25, 0.3) is 5.56 Å². The Hall–Kier alpha value is -3.17. The van der Waals surface area contributed by atoms with E-state index in [-0.39, 0.29) is 11.1 Å². The summed E-state index contributed by atoms with van der Waals surface area (Å²) in [7, 11) is 0. The summed E-state index contributed by atoms with van der Waals surface area (Å²) in [6, 6.07) is 13.7. The Morgan fingerprint density at radius 1 is 1.03 bits per heavy atom. The highest BCUT2D eigenvalue weighted by Crippen LogP contribution is 2.25. The second-order valence-corrected chi connectivity index (χ2v) is 7.66. The molecule has 0 saturated heterocycles. The minimum atomic E-state index is -0.382. The fraction of sp³-hybridized carbons (Fsp3) is 0. The summed E-state index contributed by atoms with van der Waals surface area (Å²) in [5.74, 6) is 0. The number of halogens is 3. The molecule has 0 fully saturated rings. The number of aromatic nitrogens is 3. The first-order chi connectivity index (χ1) is 14.5. The molecule has 4 rings (SSSR count). The minimum Gasteiger partial charge on any atom is -0.268 e. The summed E-state index contributed by atoms with van der Waals surface area (Å²) in [5, 5.41) is 11.4. The van der Waals surface area contributed by atoms with Crippen LogP contribution in [-0.2, 0) is 0 Å². The van der Waals surface area contributed by atoms with Gasteiger partial charge in [-0.15, -0.1) is 0 Å². The van der Waals surface area contributed by atoms with Crippen molar-refractivity contribution in [2.75, 3.05) is 0 Å². The summed E-state index contributed by atoms with van der Waals surface area (Å²) in [4.78, 5) is 21.8. The maximum absolute atomic E-state index is 13.4. The molecule has 0 aliphatic carbocycles. The molecule has 0 aliphatic rings. The number of hydrogen-bond acceptors (Lipinski definition) is 4. The molecule has 30 heavy (non-hydrogen) atoms. The van der Waals surface area contributed by atoms with E-state index in [4.69, 9.17) is 34.8 Å². The van der Waals surface area contributed by atoms with Gasteiger partial charge in [-0.25, -0.2) is 4.98 Å². The molecule has 3 heterocycles. The molecule has 0 amide bonds. The molecule has 146 valence electrons. The van der Waals surface area contributed by atoms with Gasteiger partial charge < -0.3 is 0 Å². The molecular weight excluding hydrogens is 443 g/mol. The first-order valence-electron chi connectivity index (χ1n) is 8.66. The van der Waals surface area contributed by atoms with Gasteiger partial charge in [0.2, 0.25) is 0 Å². The van der Waals surface area contributed by atoms with Gasteiger partial charge in [0.05, 0.1) is 22.4 Å². The van der Waals surface area contributed by atoms with Crippen molar-refractivity contribution in [2.45, 2.75) is 0 Å². The second kappa shape index (κ2) is 8.29. The second-order valence-electron chi connectivity index (χ2n) is 6.35. The third kappa shape index (κ3) is 3.94. The zero-order chi connectivity index (χ0) is 21.3. The van der Waals surface area contributed by atoms with Gasteiger partial charge >= 0.3 is 0 Å². The number of nitriles is 1. The first-order valence-corrected chi connectivity index (χ1v) is 9.79. The minimum absolute atomic E-state index is 0.281. The molecule has 0 spiro atoms. The highest BCUT2D eigenvalue weighted by molar-refractivity contribution is 6.35. The van der Waals surface area contributed by atoms with Crippen LogP contribution in [0, 0.1) is 11.3 Å². The van der Waals surface area contributed by atoms with E-state index in [0.29, 0.717) is 42.9 Å². The monoisotopic (exact) mass is 452 g/mol. The molecule has 4 aromatic rings. The molecule has 0 radical (unpaired) electrons. The average Bonchev–Trinajstić information content (AvgIpc) is 2.72. The van der Waals surface area contributed by atoms with Gasteiger partial charge in [0, 0.05) is 45.1 Å².